The molecule has 2 atom stereocenters. The fourth-order valence-corrected chi connectivity index (χ4v) is 3.11. The number of benzene rings is 1. The zero-order chi connectivity index (χ0) is 14.6. The second kappa shape index (κ2) is 6.04. The molecular formula is C13H19N3O2S. The van der Waals surface area contributed by atoms with Crippen LogP contribution < -0.4 is 10.5 Å². The summed E-state index contributed by atoms with van der Waals surface area (Å²) >= 11 is 0. The second-order valence-electron chi connectivity index (χ2n) is 4.66. The highest BCUT2D eigenvalue weighted by Gasteiger charge is 2.22. The third-order valence-electron chi connectivity index (χ3n) is 3.27. The zero-order valence-electron chi connectivity index (χ0n) is 11.3. The number of sulfonamides is 1. The van der Waals surface area contributed by atoms with Gasteiger partial charge in [-0.05, 0) is 31.0 Å². The van der Waals surface area contributed by atoms with Gasteiger partial charge in [-0.2, -0.15) is 5.26 Å². The lowest BCUT2D eigenvalue weighted by molar-refractivity contribution is 0.434. The molecule has 0 saturated carbocycles. The molecule has 1 aromatic rings. The van der Waals surface area contributed by atoms with E-state index < -0.39 is 10.0 Å². The number of nitriles is 1. The van der Waals surface area contributed by atoms with Crippen LogP contribution in [0.1, 0.15) is 32.8 Å². The van der Waals surface area contributed by atoms with Gasteiger partial charge in [0.15, 0.2) is 0 Å². The van der Waals surface area contributed by atoms with Crippen molar-refractivity contribution in [2.75, 3.05) is 5.73 Å². The molecule has 0 aliphatic heterocycles. The van der Waals surface area contributed by atoms with Crippen LogP contribution in [-0.4, -0.2) is 14.5 Å². The van der Waals surface area contributed by atoms with E-state index >= 15 is 0 Å². The molecule has 1 aromatic carbocycles. The van der Waals surface area contributed by atoms with E-state index in [1.165, 1.54) is 18.2 Å². The van der Waals surface area contributed by atoms with Gasteiger partial charge in [-0.1, -0.05) is 20.3 Å². The molecule has 3 N–H and O–H groups in total. The Morgan fingerprint density at radius 3 is 2.53 bits per heavy atom. The van der Waals surface area contributed by atoms with E-state index in [0.29, 0.717) is 5.56 Å². The second-order valence-corrected chi connectivity index (χ2v) is 6.34. The van der Waals surface area contributed by atoms with Gasteiger partial charge in [0.25, 0.3) is 0 Å². The van der Waals surface area contributed by atoms with Crippen molar-refractivity contribution in [1.82, 2.24) is 4.72 Å². The Kier molecular flexibility index (Phi) is 4.92. The maximum atomic E-state index is 12.2. The minimum absolute atomic E-state index is 0.0154. The molecule has 0 amide bonds. The molecule has 1 rings (SSSR count). The topological polar surface area (TPSA) is 96.0 Å². The van der Waals surface area contributed by atoms with Crippen LogP contribution >= 0.6 is 0 Å². The van der Waals surface area contributed by atoms with Gasteiger partial charge in [-0.15, -0.1) is 0 Å². The third-order valence-corrected chi connectivity index (χ3v) is 4.90. The van der Waals surface area contributed by atoms with Crippen LogP contribution in [-0.2, 0) is 10.0 Å². The van der Waals surface area contributed by atoms with Gasteiger partial charge >= 0.3 is 0 Å². The summed E-state index contributed by atoms with van der Waals surface area (Å²) in [5, 5.41) is 8.74. The summed E-state index contributed by atoms with van der Waals surface area (Å²) in [5.74, 6) is 0.231. The van der Waals surface area contributed by atoms with E-state index in [0.717, 1.165) is 6.42 Å². The Hall–Kier alpha value is -1.58. The Morgan fingerprint density at radius 1 is 1.42 bits per heavy atom. The van der Waals surface area contributed by atoms with Gasteiger partial charge in [0.05, 0.1) is 17.3 Å². The molecule has 0 aliphatic carbocycles. The molecule has 0 saturated heterocycles. The lowest BCUT2D eigenvalue weighted by atomic mass is 10.0. The van der Waals surface area contributed by atoms with Crippen molar-refractivity contribution in [2.45, 2.75) is 38.1 Å². The molecule has 6 heteroatoms. The van der Waals surface area contributed by atoms with Crippen LogP contribution in [0.15, 0.2) is 23.1 Å². The first-order chi connectivity index (χ1) is 8.81. The number of hydrogen-bond acceptors (Lipinski definition) is 4. The van der Waals surface area contributed by atoms with Crippen LogP contribution in [0.25, 0.3) is 0 Å². The average molecular weight is 281 g/mol. The van der Waals surface area contributed by atoms with Crippen LogP contribution in [0, 0.1) is 17.2 Å². The largest absolute Gasteiger partial charge is 0.398 e. The lowest BCUT2D eigenvalue weighted by Crippen LogP contribution is -2.37. The molecule has 0 aromatic heterocycles. The molecule has 0 fully saturated rings. The number of nitrogens with one attached hydrogen (secondary N) is 1. The summed E-state index contributed by atoms with van der Waals surface area (Å²) in [7, 11) is -3.65. The van der Waals surface area contributed by atoms with E-state index in [1.54, 1.807) is 0 Å². The van der Waals surface area contributed by atoms with Gasteiger partial charge in [0, 0.05) is 6.04 Å². The van der Waals surface area contributed by atoms with Gasteiger partial charge in [0.1, 0.15) is 4.90 Å². The molecule has 5 nitrogen and oxygen atoms in total. The number of nitrogens with zero attached hydrogens (tertiary/aromatic N) is 1. The summed E-state index contributed by atoms with van der Waals surface area (Å²) < 4.78 is 27.0. The van der Waals surface area contributed by atoms with Gasteiger partial charge in [-0.25, -0.2) is 13.1 Å². The first kappa shape index (κ1) is 15.5. The highest BCUT2D eigenvalue weighted by Crippen LogP contribution is 2.20. The van der Waals surface area contributed by atoms with E-state index in [4.69, 9.17) is 11.0 Å². The number of nitrogens with two attached hydrogens (primary N) is 1. The van der Waals surface area contributed by atoms with Crippen LogP contribution in [0.4, 0.5) is 5.69 Å². The van der Waals surface area contributed by atoms with Crippen molar-refractivity contribution < 1.29 is 8.42 Å². The van der Waals surface area contributed by atoms with E-state index in [1.807, 2.05) is 26.8 Å². The van der Waals surface area contributed by atoms with Crippen molar-refractivity contribution in [1.29, 1.82) is 5.26 Å². The van der Waals surface area contributed by atoms with Gasteiger partial charge in [0.2, 0.25) is 10.0 Å². The van der Waals surface area contributed by atoms with Crippen molar-refractivity contribution >= 4 is 15.7 Å². The number of nitrogen functional groups attached to an aromatic ring is 1. The quantitative estimate of drug-likeness (QED) is 0.805. The van der Waals surface area contributed by atoms with Crippen molar-refractivity contribution in [2.24, 2.45) is 5.92 Å². The fraction of sp³-hybridized carbons (Fsp3) is 0.462. The first-order valence-corrected chi connectivity index (χ1v) is 7.62. The SMILES string of the molecule is CCC(C)C(C)NS(=O)(=O)c1ccc(C#N)cc1N. The van der Waals surface area contributed by atoms with Crippen LogP contribution in [0.3, 0.4) is 0 Å². The van der Waals surface area contributed by atoms with Gasteiger partial charge < -0.3 is 5.73 Å². The maximum absolute atomic E-state index is 12.2. The minimum Gasteiger partial charge on any atom is -0.398 e. The molecule has 2 unspecified atom stereocenters. The predicted octanol–water partition coefficient (Wildman–Crippen LogP) is 1.85. The monoisotopic (exact) mass is 281 g/mol. The third kappa shape index (κ3) is 3.69. The highest BCUT2D eigenvalue weighted by atomic mass is 32.2. The molecule has 0 bridgehead atoms. The zero-order valence-corrected chi connectivity index (χ0v) is 12.2. The standard InChI is InChI=1S/C13H19N3O2S/c1-4-9(2)10(3)16-19(17,18)13-6-5-11(8-14)7-12(13)15/h5-7,9-10,16H,4,15H2,1-3H3. The Morgan fingerprint density at radius 2 is 2.05 bits per heavy atom. The molecule has 0 heterocycles. The molecular weight excluding hydrogens is 262 g/mol. The van der Waals surface area contributed by atoms with Gasteiger partial charge in [-0.3, -0.25) is 0 Å². The van der Waals surface area contributed by atoms with Crippen molar-refractivity contribution in [3.8, 4) is 6.07 Å². The Bertz CT molecular complexity index is 590. The summed E-state index contributed by atoms with van der Waals surface area (Å²) in [6.07, 6.45) is 0.881. The van der Waals surface area contributed by atoms with Crippen molar-refractivity contribution in [3.05, 3.63) is 23.8 Å². The average Bonchev–Trinajstić information content (AvgIpc) is 2.36. The normalized spacial score (nSPS) is 14.6. The van der Waals surface area contributed by atoms with E-state index in [-0.39, 0.29) is 22.5 Å². The number of hydrogen-bond donors (Lipinski definition) is 2. The number of anilines is 1. The Balaban J connectivity index is 3.05. The highest BCUT2D eigenvalue weighted by molar-refractivity contribution is 7.89. The first-order valence-electron chi connectivity index (χ1n) is 6.13. The fourth-order valence-electron chi connectivity index (χ4n) is 1.64. The van der Waals surface area contributed by atoms with Crippen LogP contribution in [0.5, 0.6) is 0 Å². The molecule has 0 spiro atoms. The summed E-state index contributed by atoms with van der Waals surface area (Å²) in [4.78, 5) is 0.0154. The number of rotatable bonds is 5. The summed E-state index contributed by atoms with van der Waals surface area (Å²) in [6.45, 7) is 5.81. The molecule has 0 radical (unpaired) electrons. The molecule has 0 aliphatic rings. The van der Waals surface area contributed by atoms with E-state index in [9.17, 15) is 8.42 Å². The molecule has 19 heavy (non-hydrogen) atoms. The summed E-state index contributed by atoms with van der Waals surface area (Å²) in [5.41, 5.74) is 6.12. The maximum Gasteiger partial charge on any atom is 0.242 e. The predicted molar refractivity (Wildman–Crippen MR) is 74.8 cm³/mol. The smallest absolute Gasteiger partial charge is 0.242 e. The Labute approximate surface area is 114 Å². The molecule has 104 valence electrons. The minimum atomic E-state index is -3.65. The van der Waals surface area contributed by atoms with Crippen molar-refractivity contribution in [3.63, 3.8) is 0 Å². The van der Waals surface area contributed by atoms with Crippen LogP contribution in [0.2, 0.25) is 0 Å². The summed E-state index contributed by atoms with van der Waals surface area (Å²) in [6, 6.07) is 5.91. The lowest BCUT2D eigenvalue weighted by Gasteiger charge is -2.20. The van der Waals surface area contributed by atoms with E-state index in [2.05, 4.69) is 4.72 Å².